The van der Waals surface area contributed by atoms with Crippen LogP contribution in [0.5, 0.6) is 5.75 Å². The highest BCUT2D eigenvalue weighted by molar-refractivity contribution is 5.97. The summed E-state index contributed by atoms with van der Waals surface area (Å²) in [5.74, 6) is -1.19. The predicted molar refractivity (Wildman–Crippen MR) is 178 cm³/mol. The van der Waals surface area contributed by atoms with E-state index in [1.165, 1.54) is 30.9 Å². The van der Waals surface area contributed by atoms with E-state index < -0.39 is 46.1 Å². The minimum absolute atomic E-state index is 0.0550. The Morgan fingerprint density at radius 1 is 1.15 bits per heavy atom. The molecule has 13 heteroatoms. The number of carboxylic acids is 1. The molecule has 3 heterocycles. The largest absolute Gasteiger partial charge is 0.492 e. The number of aromatic carboxylic acids is 1. The summed E-state index contributed by atoms with van der Waals surface area (Å²) in [6, 6.07) is 0.439. The number of hydrogen-bond acceptors (Lipinski definition) is 8. The Hall–Kier alpha value is -3.45. The minimum Gasteiger partial charge on any atom is -0.492 e. The third kappa shape index (κ3) is 6.47. The van der Waals surface area contributed by atoms with Crippen molar-refractivity contribution in [2.75, 3.05) is 38.2 Å². The number of nitrogens with two attached hydrogens (primary N) is 1. The number of nitrogens with zero attached hydrogens (tertiary/aromatic N) is 2. The molecular weight excluding hydrogens is 624 g/mol. The molecule has 3 saturated carbocycles. The van der Waals surface area contributed by atoms with Crippen LogP contribution in [0.25, 0.3) is 10.9 Å². The predicted octanol–water partition coefficient (Wildman–Crippen LogP) is 4.88. The number of carbonyl (C=O) groups is 2. The fourth-order valence-electron chi connectivity index (χ4n) is 8.49. The lowest BCUT2D eigenvalue weighted by Crippen LogP contribution is -2.56. The molecule has 6 atom stereocenters. The Balaban J connectivity index is 0.000000200. The van der Waals surface area contributed by atoms with E-state index in [4.69, 9.17) is 15.2 Å². The molecule has 2 saturated heterocycles. The van der Waals surface area contributed by atoms with Crippen LogP contribution in [0.1, 0.15) is 95.0 Å². The van der Waals surface area contributed by atoms with Gasteiger partial charge < -0.3 is 40.4 Å². The number of fused-ring (bicyclic) bond motifs is 3. The summed E-state index contributed by atoms with van der Waals surface area (Å²) in [5.41, 5.74) is 4.86. The van der Waals surface area contributed by atoms with Crippen LogP contribution in [0.4, 0.5) is 19.3 Å². The van der Waals surface area contributed by atoms with Crippen LogP contribution in [-0.2, 0) is 4.74 Å². The molecule has 3 aliphatic carbocycles. The first-order chi connectivity index (χ1) is 22.7. The average Bonchev–Trinajstić information content (AvgIpc) is 3.42. The minimum atomic E-state index is -1.44. The van der Waals surface area contributed by atoms with Gasteiger partial charge in [0, 0.05) is 44.3 Å². The number of carbonyl (C=O) groups excluding carboxylic acids is 1. The molecule has 4 unspecified atom stereocenters. The second kappa shape index (κ2) is 12.8. The SMILES string of the molecule is CC(C)(C)OC(=O)NC12CCCCC1CNC2.COc1c(N2CC3CCCCC3(N)C2)c(F)cc2c(=O)c(C(=O)O)cn([C@@H]3C[C@@H]3F)c12. The Kier molecular flexibility index (Phi) is 9.16. The fraction of sp³-hybridized carbons (Fsp3) is 0.686. The van der Waals surface area contributed by atoms with E-state index in [9.17, 15) is 23.9 Å². The zero-order valence-corrected chi connectivity index (χ0v) is 28.4. The molecule has 1 amide bonds. The lowest BCUT2D eigenvalue weighted by atomic mass is 9.75. The van der Waals surface area contributed by atoms with Crippen LogP contribution >= 0.6 is 0 Å². The van der Waals surface area contributed by atoms with Gasteiger partial charge in [0.25, 0.3) is 0 Å². The third-order valence-electron chi connectivity index (χ3n) is 11.0. The van der Waals surface area contributed by atoms with Crippen molar-refractivity contribution in [2.45, 2.75) is 107 Å². The van der Waals surface area contributed by atoms with Crippen molar-refractivity contribution in [1.29, 1.82) is 0 Å². The number of benzene rings is 1. The van der Waals surface area contributed by atoms with Gasteiger partial charge >= 0.3 is 12.1 Å². The summed E-state index contributed by atoms with van der Waals surface area (Å²) in [7, 11) is 1.37. The number of pyridine rings is 1. The van der Waals surface area contributed by atoms with Crippen molar-refractivity contribution < 1.29 is 33.0 Å². The molecule has 11 nitrogen and oxygen atoms in total. The molecule has 7 rings (SSSR count). The summed E-state index contributed by atoms with van der Waals surface area (Å²) < 4.78 is 41.8. The first-order valence-electron chi connectivity index (χ1n) is 17.2. The molecule has 264 valence electrons. The van der Waals surface area contributed by atoms with Crippen molar-refractivity contribution >= 4 is 28.7 Å². The number of alkyl carbamates (subject to hydrolysis) is 1. The second-order valence-electron chi connectivity index (χ2n) is 15.5. The van der Waals surface area contributed by atoms with Gasteiger partial charge in [0.2, 0.25) is 5.43 Å². The molecule has 0 spiro atoms. The van der Waals surface area contributed by atoms with Gasteiger partial charge in [-0.25, -0.2) is 18.4 Å². The van der Waals surface area contributed by atoms with Gasteiger partial charge in [-0.1, -0.05) is 25.7 Å². The third-order valence-corrected chi connectivity index (χ3v) is 11.0. The number of ether oxygens (including phenoxy) is 2. The summed E-state index contributed by atoms with van der Waals surface area (Å²) in [6.45, 7) is 8.64. The van der Waals surface area contributed by atoms with E-state index in [1.54, 1.807) is 0 Å². The normalized spacial score (nSPS) is 30.9. The molecular formula is C35H49F2N5O6. The van der Waals surface area contributed by atoms with E-state index in [2.05, 4.69) is 10.6 Å². The molecule has 48 heavy (non-hydrogen) atoms. The lowest BCUT2D eigenvalue weighted by molar-refractivity contribution is 0.0403. The first-order valence-corrected chi connectivity index (χ1v) is 17.2. The number of methoxy groups -OCH3 is 1. The number of carboxylic acid groups (broad SMARTS) is 1. The number of rotatable bonds is 5. The Morgan fingerprint density at radius 2 is 1.83 bits per heavy atom. The Labute approximate surface area is 279 Å². The van der Waals surface area contributed by atoms with Crippen LogP contribution in [0.2, 0.25) is 0 Å². The molecule has 5 fully saturated rings. The molecule has 0 radical (unpaired) electrons. The molecule has 1 aromatic carbocycles. The quantitative estimate of drug-likeness (QED) is 0.349. The lowest BCUT2D eigenvalue weighted by Gasteiger charge is -2.39. The summed E-state index contributed by atoms with van der Waals surface area (Å²) >= 11 is 0. The molecule has 5 aliphatic rings. The highest BCUT2D eigenvalue weighted by Crippen LogP contribution is 2.48. The van der Waals surface area contributed by atoms with Gasteiger partial charge in [0.05, 0.1) is 29.6 Å². The van der Waals surface area contributed by atoms with Gasteiger partial charge in [0.1, 0.15) is 23.0 Å². The van der Waals surface area contributed by atoms with Crippen LogP contribution in [0.15, 0.2) is 17.1 Å². The number of nitrogens with one attached hydrogen (secondary N) is 2. The Bertz CT molecular complexity index is 1640. The van der Waals surface area contributed by atoms with Gasteiger partial charge in [-0.15, -0.1) is 0 Å². The van der Waals surface area contributed by atoms with Crippen molar-refractivity contribution in [3.8, 4) is 5.75 Å². The van der Waals surface area contributed by atoms with Crippen LogP contribution in [-0.4, -0.2) is 77.9 Å². The Morgan fingerprint density at radius 3 is 2.46 bits per heavy atom. The number of alkyl halides is 1. The highest BCUT2D eigenvalue weighted by atomic mass is 19.1. The summed E-state index contributed by atoms with van der Waals surface area (Å²) in [4.78, 5) is 38.2. The maximum absolute atomic E-state index is 15.4. The fourth-order valence-corrected chi connectivity index (χ4v) is 8.49. The molecule has 1 aromatic heterocycles. The smallest absolute Gasteiger partial charge is 0.408 e. The topological polar surface area (TPSA) is 148 Å². The maximum atomic E-state index is 15.4. The van der Waals surface area contributed by atoms with Crippen LogP contribution in [0.3, 0.4) is 0 Å². The summed E-state index contributed by atoms with van der Waals surface area (Å²) in [6.07, 6.45) is 8.65. The number of halogens is 2. The van der Waals surface area contributed by atoms with Crippen LogP contribution in [0, 0.1) is 17.7 Å². The maximum Gasteiger partial charge on any atom is 0.408 e. The second-order valence-corrected chi connectivity index (χ2v) is 15.5. The summed E-state index contributed by atoms with van der Waals surface area (Å²) in [5, 5.41) is 15.8. The number of aromatic nitrogens is 1. The van der Waals surface area contributed by atoms with E-state index >= 15 is 4.39 Å². The van der Waals surface area contributed by atoms with Crippen molar-refractivity contribution in [3.05, 3.63) is 33.9 Å². The molecule has 2 aromatic rings. The van der Waals surface area contributed by atoms with E-state index in [0.29, 0.717) is 19.0 Å². The molecule has 2 aliphatic heterocycles. The van der Waals surface area contributed by atoms with Crippen molar-refractivity contribution in [1.82, 2.24) is 15.2 Å². The number of amides is 1. The van der Waals surface area contributed by atoms with Crippen molar-refractivity contribution in [3.63, 3.8) is 0 Å². The highest BCUT2D eigenvalue weighted by Gasteiger charge is 2.48. The zero-order valence-electron chi connectivity index (χ0n) is 28.4. The average molecular weight is 674 g/mol. The van der Waals surface area contributed by atoms with Gasteiger partial charge in [-0.2, -0.15) is 0 Å². The van der Waals surface area contributed by atoms with Gasteiger partial charge in [-0.05, 0) is 64.4 Å². The van der Waals surface area contributed by atoms with E-state index in [0.717, 1.165) is 57.5 Å². The first kappa shape index (κ1) is 34.4. The van der Waals surface area contributed by atoms with Crippen molar-refractivity contribution in [2.24, 2.45) is 17.6 Å². The van der Waals surface area contributed by atoms with Gasteiger partial charge in [-0.3, -0.25) is 4.79 Å². The standard InChI is InChI=1S/C22H25F2N3O4.C13H24N2O2/c1-31-20-17-12(19(28)13(21(29)30)9-27(17)16-7-14(16)23)6-15(24)18(20)26-8-11-4-2-3-5-22(11,25)10-26;1-12(2,3)17-11(16)15-13-7-5-4-6-10(13)8-14-9-13/h6,9,11,14,16H,2-5,7-8,10,25H2,1H3,(H,29,30);10,14H,4-9H2,1-3H3,(H,15,16)/t11?,14-,16+,22?;/m0./s1. The number of hydrogen-bond donors (Lipinski definition) is 4. The van der Waals surface area contributed by atoms with E-state index in [-0.39, 0.29) is 46.3 Å². The van der Waals surface area contributed by atoms with Crippen LogP contribution < -0.4 is 31.4 Å². The zero-order chi connectivity index (χ0) is 34.6. The molecule has 5 N–H and O–H groups in total. The van der Waals surface area contributed by atoms with Gasteiger partial charge in [0.15, 0.2) is 11.6 Å². The molecule has 0 bridgehead atoms. The number of anilines is 1. The van der Waals surface area contributed by atoms with E-state index in [1.807, 2.05) is 25.7 Å². The monoisotopic (exact) mass is 673 g/mol.